The predicted octanol–water partition coefficient (Wildman–Crippen LogP) is -2.23. The molecule has 3 N–H and O–H groups in total. The number of carbonyl (C=O) groups is 1. The maximum Gasteiger partial charge on any atom is 0.252 e. The first kappa shape index (κ1) is 14.4. The number of hydrogen-bond acceptors (Lipinski definition) is 5. The van der Waals surface area contributed by atoms with Crippen molar-refractivity contribution in [3.05, 3.63) is 0 Å². The number of aliphatic hydroxyl groups is 2. The van der Waals surface area contributed by atoms with Crippen LogP contribution in [-0.2, 0) is 9.53 Å². The molecule has 4 atom stereocenters. The Morgan fingerprint density at radius 2 is 2.28 bits per heavy atom. The first-order valence-corrected chi connectivity index (χ1v) is 5.40. The molecule has 1 amide bonds. The third kappa shape index (κ3) is 2.98. The lowest BCUT2D eigenvalue weighted by Crippen LogP contribution is -2.43. The van der Waals surface area contributed by atoms with E-state index in [0.717, 1.165) is 0 Å². The van der Waals surface area contributed by atoms with Crippen molar-refractivity contribution < 1.29 is 19.7 Å². The van der Waals surface area contributed by atoms with Crippen LogP contribution in [0.1, 0.15) is 0 Å². The molecule has 4 unspecified atom stereocenters. The number of hydrogen-bond donors (Lipinski definition) is 3. The van der Waals surface area contributed by atoms with Gasteiger partial charge in [0.1, 0.15) is 12.2 Å². The summed E-state index contributed by atoms with van der Waals surface area (Å²) in [6.45, 7) is 0.0401. The van der Waals surface area contributed by atoms with Crippen molar-refractivity contribution in [1.82, 2.24) is 10.2 Å². The molecule has 0 aromatic carbocycles. The second kappa shape index (κ2) is 6.35. The summed E-state index contributed by atoms with van der Waals surface area (Å²) in [5, 5.41) is 22.0. The van der Waals surface area contributed by atoms with E-state index in [-0.39, 0.29) is 6.54 Å². The monoisotopic (exact) mass is 255 g/mol. The highest BCUT2D eigenvalue weighted by atomic mass is 16.6. The molecule has 0 bridgehead atoms. The van der Waals surface area contributed by atoms with Gasteiger partial charge in [0, 0.05) is 14.1 Å². The standard InChI is InChI=1S/C11H17N3O4/c1-4-5-13-10(17)9-7(15)8(16)11(18-9)14(3)6-12-2/h1,6-9,11,15-16H,5H2,2-3H3,(H,13,17). The van der Waals surface area contributed by atoms with Crippen molar-refractivity contribution >= 4 is 12.2 Å². The summed E-state index contributed by atoms with van der Waals surface area (Å²) in [6, 6.07) is 0. The number of terminal acetylenes is 1. The van der Waals surface area contributed by atoms with Gasteiger partial charge in [-0.15, -0.1) is 6.42 Å². The Bertz CT molecular complexity index is 366. The van der Waals surface area contributed by atoms with E-state index in [1.165, 1.54) is 11.2 Å². The quantitative estimate of drug-likeness (QED) is 0.300. The van der Waals surface area contributed by atoms with Gasteiger partial charge < -0.3 is 25.2 Å². The molecule has 1 heterocycles. The maximum absolute atomic E-state index is 11.6. The molecule has 0 radical (unpaired) electrons. The van der Waals surface area contributed by atoms with Gasteiger partial charge in [-0.05, 0) is 0 Å². The Kier molecular flexibility index (Phi) is 5.09. The highest BCUT2D eigenvalue weighted by Gasteiger charge is 2.47. The van der Waals surface area contributed by atoms with E-state index < -0.39 is 30.4 Å². The third-order valence-corrected chi connectivity index (χ3v) is 2.56. The molecule has 0 aliphatic carbocycles. The van der Waals surface area contributed by atoms with Crippen LogP contribution in [0.5, 0.6) is 0 Å². The van der Waals surface area contributed by atoms with Crippen molar-refractivity contribution in [2.75, 3.05) is 20.6 Å². The van der Waals surface area contributed by atoms with Gasteiger partial charge in [-0.3, -0.25) is 9.79 Å². The average molecular weight is 255 g/mol. The molecule has 0 aromatic rings. The molecule has 0 spiro atoms. The second-order valence-electron chi connectivity index (χ2n) is 3.89. The minimum absolute atomic E-state index is 0.0401. The fourth-order valence-corrected chi connectivity index (χ4v) is 1.70. The van der Waals surface area contributed by atoms with E-state index in [1.54, 1.807) is 14.1 Å². The summed E-state index contributed by atoms with van der Waals surface area (Å²) >= 11 is 0. The zero-order chi connectivity index (χ0) is 13.7. The van der Waals surface area contributed by atoms with Crippen molar-refractivity contribution in [3.63, 3.8) is 0 Å². The van der Waals surface area contributed by atoms with Crippen molar-refractivity contribution in [1.29, 1.82) is 0 Å². The topological polar surface area (TPSA) is 94.4 Å². The number of nitrogens with zero attached hydrogens (tertiary/aromatic N) is 2. The zero-order valence-electron chi connectivity index (χ0n) is 10.3. The van der Waals surface area contributed by atoms with Gasteiger partial charge in [0.25, 0.3) is 5.91 Å². The largest absolute Gasteiger partial charge is 0.387 e. The van der Waals surface area contributed by atoms with Crippen LogP contribution in [0.3, 0.4) is 0 Å². The Hall–Kier alpha value is -1.62. The number of aliphatic hydroxyl groups excluding tert-OH is 2. The number of rotatable bonds is 4. The van der Waals surface area contributed by atoms with Gasteiger partial charge in [-0.25, -0.2) is 0 Å². The molecular formula is C11H17N3O4. The zero-order valence-corrected chi connectivity index (χ0v) is 10.3. The van der Waals surface area contributed by atoms with E-state index in [9.17, 15) is 15.0 Å². The van der Waals surface area contributed by atoms with Crippen LogP contribution in [0.4, 0.5) is 0 Å². The summed E-state index contributed by atoms with van der Waals surface area (Å²) in [6.07, 6.45) is 1.96. The van der Waals surface area contributed by atoms with Crippen LogP contribution < -0.4 is 5.32 Å². The molecule has 0 aromatic heterocycles. The fraction of sp³-hybridized carbons (Fsp3) is 0.636. The summed E-state index contributed by atoms with van der Waals surface area (Å²) in [5.74, 6) is 1.69. The van der Waals surface area contributed by atoms with E-state index >= 15 is 0 Å². The molecule has 7 heteroatoms. The lowest BCUT2D eigenvalue weighted by molar-refractivity contribution is -0.137. The van der Waals surface area contributed by atoms with Gasteiger partial charge in [0.2, 0.25) is 0 Å². The van der Waals surface area contributed by atoms with Crippen molar-refractivity contribution in [2.45, 2.75) is 24.5 Å². The minimum atomic E-state index is -1.31. The minimum Gasteiger partial charge on any atom is -0.387 e. The van der Waals surface area contributed by atoms with E-state index in [1.807, 2.05) is 0 Å². The highest BCUT2D eigenvalue weighted by Crippen LogP contribution is 2.22. The summed E-state index contributed by atoms with van der Waals surface area (Å²) in [4.78, 5) is 16.9. The Balaban J connectivity index is 2.69. The van der Waals surface area contributed by atoms with Gasteiger partial charge in [0.05, 0.1) is 12.9 Å². The molecule has 1 fully saturated rings. The van der Waals surface area contributed by atoms with E-state index in [4.69, 9.17) is 11.2 Å². The molecule has 1 saturated heterocycles. The molecule has 1 rings (SSSR count). The van der Waals surface area contributed by atoms with Gasteiger partial charge >= 0.3 is 0 Å². The lowest BCUT2D eigenvalue weighted by atomic mass is 10.1. The van der Waals surface area contributed by atoms with Crippen molar-refractivity contribution in [3.8, 4) is 12.3 Å². The molecular weight excluding hydrogens is 238 g/mol. The van der Waals surface area contributed by atoms with Crippen LogP contribution in [0.15, 0.2) is 4.99 Å². The van der Waals surface area contributed by atoms with Crippen LogP contribution in [-0.4, -0.2) is 72.5 Å². The highest BCUT2D eigenvalue weighted by molar-refractivity contribution is 5.82. The smallest absolute Gasteiger partial charge is 0.252 e. The number of amides is 1. The summed E-state index contributed by atoms with van der Waals surface area (Å²) < 4.78 is 5.31. The number of aliphatic imine (C=N–C) groups is 1. The van der Waals surface area contributed by atoms with Gasteiger partial charge in [-0.1, -0.05) is 5.92 Å². The number of likely N-dealkylation sites (N-methyl/N-ethyl adjacent to an activating group) is 1. The summed E-state index contributed by atoms with van der Waals surface area (Å²) in [7, 11) is 3.18. The third-order valence-electron chi connectivity index (χ3n) is 2.56. The molecule has 1 aliphatic heterocycles. The first-order valence-electron chi connectivity index (χ1n) is 5.40. The maximum atomic E-state index is 11.6. The number of ether oxygens (including phenoxy) is 1. The lowest BCUT2D eigenvalue weighted by Gasteiger charge is -2.23. The summed E-state index contributed by atoms with van der Waals surface area (Å²) in [5.41, 5.74) is 0. The van der Waals surface area contributed by atoms with Crippen LogP contribution >= 0.6 is 0 Å². The molecule has 1 aliphatic rings. The second-order valence-corrected chi connectivity index (χ2v) is 3.89. The molecule has 7 nitrogen and oxygen atoms in total. The van der Waals surface area contributed by atoms with Crippen molar-refractivity contribution in [2.24, 2.45) is 4.99 Å². The number of nitrogens with one attached hydrogen (secondary N) is 1. The fourth-order valence-electron chi connectivity index (χ4n) is 1.70. The van der Waals surface area contributed by atoms with Crippen LogP contribution in [0.25, 0.3) is 0 Å². The Morgan fingerprint density at radius 1 is 1.61 bits per heavy atom. The molecule has 100 valence electrons. The van der Waals surface area contributed by atoms with Gasteiger partial charge in [0.15, 0.2) is 12.3 Å². The van der Waals surface area contributed by atoms with Crippen LogP contribution in [0.2, 0.25) is 0 Å². The normalized spacial score (nSPS) is 31.3. The Morgan fingerprint density at radius 3 is 2.83 bits per heavy atom. The Labute approximate surface area is 105 Å². The molecule has 18 heavy (non-hydrogen) atoms. The van der Waals surface area contributed by atoms with Crippen LogP contribution in [0, 0.1) is 12.3 Å². The predicted molar refractivity (Wildman–Crippen MR) is 64.7 cm³/mol. The van der Waals surface area contributed by atoms with Gasteiger partial charge in [-0.2, -0.15) is 0 Å². The SMILES string of the molecule is C#CCNC(=O)C1OC(N(C)C=NC)C(O)C1O. The van der Waals surface area contributed by atoms with E-state index in [2.05, 4.69) is 16.2 Å². The first-order chi connectivity index (χ1) is 8.52. The molecule has 0 saturated carbocycles. The average Bonchev–Trinajstić information content (AvgIpc) is 2.64. The van der Waals surface area contributed by atoms with E-state index in [0.29, 0.717) is 0 Å². The number of carbonyl (C=O) groups excluding carboxylic acids is 1.